The van der Waals surface area contributed by atoms with Gasteiger partial charge in [0.25, 0.3) is 5.91 Å². The van der Waals surface area contributed by atoms with Crippen molar-refractivity contribution in [2.75, 3.05) is 23.7 Å². The second kappa shape index (κ2) is 8.25. The van der Waals surface area contributed by atoms with Crippen molar-refractivity contribution in [2.24, 2.45) is 5.73 Å². The molecule has 0 saturated heterocycles. The van der Waals surface area contributed by atoms with Gasteiger partial charge in [0.1, 0.15) is 0 Å². The van der Waals surface area contributed by atoms with Crippen LogP contribution in [0.2, 0.25) is 10.0 Å². The first-order chi connectivity index (χ1) is 10.0. The van der Waals surface area contributed by atoms with Gasteiger partial charge < -0.3 is 16.4 Å². The molecule has 0 aliphatic rings. The Hall–Kier alpha value is -1.46. The Morgan fingerprint density at radius 1 is 1.09 bits per heavy atom. The first kappa shape index (κ1) is 18.6. The zero-order valence-electron chi connectivity index (χ0n) is 11.6. The summed E-state index contributed by atoms with van der Waals surface area (Å²) in [4.78, 5) is 14.2. The predicted octanol–water partition coefficient (Wildman–Crippen LogP) is 3.60. The van der Waals surface area contributed by atoms with Gasteiger partial charge in [-0.1, -0.05) is 23.2 Å². The summed E-state index contributed by atoms with van der Waals surface area (Å²) in [5, 5.41) is 0.791. The van der Waals surface area contributed by atoms with Crippen molar-refractivity contribution in [1.29, 1.82) is 0 Å². The molecule has 2 rings (SSSR count). The van der Waals surface area contributed by atoms with Crippen LogP contribution in [0.1, 0.15) is 10.4 Å². The highest BCUT2D eigenvalue weighted by atomic mass is 35.5. The SMILES string of the molecule is Cl.NCCN(C(=O)c1ccc(Cl)cc1Cl)c1ccc(N)cc1. The molecule has 4 nitrogen and oxygen atoms in total. The minimum atomic E-state index is -0.230. The van der Waals surface area contributed by atoms with Crippen molar-refractivity contribution < 1.29 is 4.79 Å². The molecular weight excluding hydrogens is 345 g/mol. The summed E-state index contributed by atoms with van der Waals surface area (Å²) in [5.41, 5.74) is 13.0. The highest BCUT2D eigenvalue weighted by Gasteiger charge is 2.19. The predicted molar refractivity (Wildman–Crippen MR) is 95.3 cm³/mol. The van der Waals surface area contributed by atoms with Crippen molar-refractivity contribution in [3.8, 4) is 0 Å². The Morgan fingerprint density at radius 2 is 1.73 bits per heavy atom. The minimum absolute atomic E-state index is 0. The number of halogens is 3. The molecule has 0 spiro atoms. The van der Waals surface area contributed by atoms with Gasteiger partial charge in [0.15, 0.2) is 0 Å². The Kier molecular flexibility index (Phi) is 6.97. The van der Waals surface area contributed by atoms with Crippen LogP contribution in [0.5, 0.6) is 0 Å². The molecule has 4 N–H and O–H groups in total. The lowest BCUT2D eigenvalue weighted by Crippen LogP contribution is -2.35. The minimum Gasteiger partial charge on any atom is -0.399 e. The van der Waals surface area contributed by atoms with Gasteiger partial charge in [-0.2, -0.15) is 0 Å². The second-order valence-electron chi connectivity index (χ2n) is 4.46. The Morgan fingerprint density at radius 3 is 2.27 bits per heavy atom. The average molecular weight is 361 g/mol. The molecule has 0 heterocycles. The quantitative estimate of drug-likeness (QED) is 0.818. The van der Waals surface area contributed by atoms with E-state index >= 15 is 0 Å². The summed E-state index contributed by atoms with van der Waals surface area (Å²) in [6.07, 6.45) is 0. The fourth-order valence-electron chi connectivity index (χ4n) is 1.94. The fourth-order valence-corrected chi connectivity index (χ4v) is 2.43. The van der Waals surface area contributed by atoms with Crippen LogP contribution >= 0.6 is 35.6 Å². The number of nitrogens with two attached hydrogens (primary N) is 2. The van der Waals surface area contributed by atoms with E-state index in [1.807, 2.05) is 0 Å². The van der Waals surface area contributed by atoms with E-state index in [0.29, 0.717) is 40.1 Å². The number of hydrogen-bond acceptors (Lipinski definition) is 3. The van der Waals surface area contributed by atoms with Crippen molar-refractivity contribution in [3.05, 3.63) is 58.1 Å². The molecule has 1 amide bonds. The molecule has 7 heteroatoms. The number of hydrogen-bond donors (Lipinski definition) is 2. The number of nitrogens with zero attached hydrogens (tertiary/aromatic N) is 1. The molecule has 0 bridgehead atoms. The first-order valence-electron chi connectivity index (χ1n) is 6.35. The number of anilines is 2. The van der Waals surface area contributed by atoms with E-state index in [-0.39, 0.29) is 18.3 Å². The van der Waals surface area contributed by atoms with Gasteiger partial charge in [-0.05, 0) is 42.5 Å². The van der Waals surface area contributed by atoms with Gasteiger partial charge in [0.2, 0.25) is 0 Å². The van der Waals surface area contributed by atoms with E-state index in [1.165, 1.54) is 0 Å². The van der Waals surface area contributed by atoms with E-state index in [1.54, 1.807) is 47.4 Å². The number of amides is 1. The Balaban J connectivity index is 0.00000242. The number of carbonyl (C=O) groups excluding carboxylic acids is 1. The molecule has 2 aromatic rings. The molecule has 0 atom stereocenters. The molecule has 0 radical (unpaired) electrons. The monoisotopic (exact) mass is 359 g/mol. The Labute approximate surface area is 145 Å². The third-order valence-corrected chi connectivity index (χ3v) is 3.51. The van der Waals surface area contributed by atoms with Crippen molar-refractivity contribution in [1.82, 2.24) is 0 Å². The summed E-state index contributed by atoms with van der Waals surface area (Å²) >= 11 is 12.0. The molecular formula is C15H16Cl3N3O. The van der Waals surface area contributed by atoms with Crippen LogP contribution in [-0.2, 0) is 0 Å². The van der Waals surface area contributed by atoms with Gasteiger partial charge in [0, 0.05) is 29.5 Å². The summed E-state index contributed by atoms with van der Waals surface area (Å²) in [7, 11) is 0. The van der Waals surface area contributed by atoms with Gasteiger partial charge in [-0.3, -0.25) is 4.79 Å². The number of benzene rings is 2. The largest absolute Gasteiger partial charge is 0.399 e. The summed E-state index contributed by atoms with van der Waals surface area (Å²) in [5.74, 6) is -0.230. The molecule has 0 saturated carbocycles. The lowest BCUT2D eigenvalue weighted by Gasteiger charge is -2.23. The van der Waals surface area contributed by atoms with E-state index < -0.39 is 0 Å². The zero-order valence-corrected chi connectivity index (χ0v) is 14.0. The molecule has 0 aliphatic heterocycles. The van der Waals surface area contributed by atoms with Crippen molar-refractivity contribution >= 4 is 52.9 Å². The highest BCUT2D eigenvalue weighted by Crippen LogP contribution is 2.25. The molecule has 0 unspecified atom stereocenters. The summed E-state index contributed by atoms with van der Waals surface area (Å²) in [6.45, 7) is 0.711. The van der Waals surface area contributed by atoms with Crippen LogP contribution in [0.3, 0.4) is 0 Å². The normalized spacial score (nSPS) is 9.95. The zero-order chi connectivity index (χ0) is 15.4. The molecule has 0 aromatic heterocycles. The number of carbonyl (C=O) groups is 1. The van der Waals surface area contributed by atoms with E-state index in [9.17, 15) is 4.79 Å². The second-order valence-corrected chi connectivity index (χ2v) is 5.30. The highest BCUT2D eigenvalue weighted by molar-refractivity contribution is 6.37. The third kappa shape index (κ3) is 4.27. The smallest absolute Gasteiger partial charge is 0.259 e. The maximum absolute atomic E-state index is 12.7. The molecule has 22 heavy (non-hydrogen) atoms. The van der Waals surface area contributed by atoms with E-state index in [4.69, 9.17) is 34.7 Å². The van der Waals surface area contributed by atoms with Crippen LogP contribution in [0.15, 0.2) is 42.5 Å². The number of nitrogen functional groups attached to an aromatic ring is 1. The van der Waals surface area contributed by atoms with Crippen molar-refractivity contribution in [2.45, 2.75) is 0 Å². The van der Waals surface area contributed by atoms with Crippen molar-refractivity contribution in [3.63, 3.8) is 0 Å². The lowest BCUT2D eigenvalue weighted by molar-refractivity contribution is 0.0988. The molecule has 0 aliphatic carbocycles. The van der Waals surface area contributed by atoms with Crippen LogP contribution in [0.4, 0.5) is 11.4 Å². The summed E-state index contributed by atoms with van der Waals surface area (Å²) in [6, 6.07) is 11.8. The average Bonchev–Trinajstić information content (AvgIpc) is 2.45. The maximum atomic E-state index is 12.7. The van der Waals surface area contributed by atoms with Crippen LogP contribution in [0.25, 0.3) is 0 Å². The van der Waals surface area contributed by atoms with Gasteiger partial charge in [0.05, 0.1) is 10.6 Å². The first-order valence-corrected chi connectivity index (χ1v) is 7.11. The fraction of sp³-hybridized carbons (Fsp3) is 0.133. The Bertz CT molecular complexity index is 647. The van der Waals surface area contributed by atoms with E-state index in [0.717, 1.165) is 0 Å². The number of rotatable bonds is 4. The van der Waals surface area contributed by atoms with Gasteiger partial charge >= 0.3 is 0 Å². The molecule has 2 aromatic carbocycles. The van der Waals surface area contributed by atoms with Gasteiger partial charge in [-0.15, -0.1) is 12.4 Å². The van der Waals surface area contributed by atoms with Gasteiger partial charge in [-0.25, -0.2) is 0 Å². The maximum Gasteiger partial charge on any atom is 0.259 e. The van der Waals surface area contributed by atoms with Crippen LogP contribution < -0.4 is 16.4 Å². The topological polar surface area (TPSA) is 72.3 Å². The molecule has 118 valence electrons. The molecule has 0 fully saturated rings. The summed E-state index contributed by atoms with van der Waals surface area (Å²) < 4.78 is 0. The van der Waals surface area contributed by atoms with Crippen LogP contribution in [0, 0.1) is 0 Å². The lowest BCUT2D eigenvalue weighted by atomic mass is 10.1. The standard InChI is InChI=1S/C15H15Cl2N3O.ClH/c16-10-1-6-13(14(17)9-10)15(21)20(8-7-18)12-4-2-11(19)3-5-12;/h1-6,9H,7-8,18-19H2;1H. The van der Waals surface area contributed by atoms with Crippen LogP contribution in [-0.4, -0.2) is 19.0 Å². The van der Waals surface area contributed by atoms with E-state index in [2.05, 4.69) is 0 Å². The third-order valence-electron chi connectivity index (χ3n) is 2.96.